The first-order valence-electron chi connectivity index (χ1n) is 8.46. The summed E-state index contributed by atoms with van der Waals surface area (Å²) in [5.41, 5.74) is 2.69. The molecular weight excluding hydrogens is 382 g/mol. The van der Waals surface area contributed by atoms with Gasteiger partial charge in [0.1, 0.15) is 16.4 Å². The molecule has 0 unspecified atom stereocenters. The summed E-state index contributed by atoms with van der Waals surface area (Å²) in [6.45, 7) is 1.78. The molecule has 0 aliphatic carbocycles. The molecule has 0 radical (unpaired) electrons. The maximum atomic E-state index is 5.38. The Labute approximate surface area is 165 Å². The smallest absolute Gasteiger partial charge is 0.197 e. The molecule has 0 saturated heterocycles. The van der Waals surface area contributed by atoms with Crippen molar-refractivity contribution in [3.63, 3.8) is 0 Å². The fourth-order valence-electron chi connectivity index (χ4n) is 2.66. The molecule has 3 heterocycles. The quantitative estimate of drug-likeness (QED) is 0.678. The van der Waals surface area contributed by atoms with Crippen molar-refractivity contribution in [1.29, 1.82) is 0 Å². The van der Waals surface area contributed by atoms with Crippen LogP contribution in [0, 0.1) is 0 Å². The Morgan fingerprint density at radius 2 is 1.85 bits per heavy atom. The van der Waals surface area contributed by atoms with Crippen LogP contribution in [0.1, 0.15) is 6.42 Å². The van der Waals surface area contributed by atoms with Gasteiger partial charge in [-0.05, 0) is 24.6 Å². The first kappa shape index (κ1) is 17.7. The summed E-state index contributed by atoms with van der Waals surface area (Å²) in [7, 11) is 3.26. The van der Waals surface area contributed by atoms with Gasteiger partial charge in [-0.3, -0.25) is 4.99 Å². The van der Waals surface area contributed by atoms with Gasteiger partial charge in [0.25, 0.3) is 0 Å². The van der Waals surface area contributed by atoms with Gasteiger partial charge in [0, 0.05) is 29.4 Å². The zero-order chi connectivity index (χ0) is 18.6. The summed E-state index contributed by atoms with van der Waals surface area (Å²) in [5.74, 6) is 2.17. The maximum absolute atomic E-state index is 5.38. The third-order valence-electron chi connectivity index (χ3n) is 4.02. The van der Waals surface area contributed by atoms with Gasteiger partial charge in [-0.15, -0.1) is 22.7 Å². The van der Waals surface area contributed by atoms with E-state index in [0.717, 1.165) is 52.6 Å². The Morgan fingerprint density at radius 1 is 1.04 bits per heavy atom. The van der Waals surface area contributed by atoms with Crippen LogP contribution >= 0.6 is 22.7 Å². The molecule has 1 aliphatic heterocycles. The van der Waals surface area contributed by atoms with Crippen LogP contribution in [-0.2, 0) is 0 Å². The molecule has 9 heteroatoms. The second-order valence-electron chi connectivity index (χ2n) is 5.78. The summed E-state index contributed by atoms with van der Waals surface area (Å²) in [5, 5.41) is 12.2. The molecule has 0 atom stereocenters. The number of benzene rings is 1. The molecule has 4 rings (SSSR count). The second-order valence-corrected chi connectivity index (χ2v) is 7.50. The van der Waals surface area contributed by atoms with Crippen LogP contribution in [0.3, 0.4) is 0 Å². The van der Waals surface area contributed by atoms with E-state index in [-0.39, 0.29) is 0 Å². The van der Waals surface area contributed by atoms with Gasteiger partial charge in [-0.25, -0.2) is 9.97 Å². The van der Waals surface area contributed by atoms with Crippen molar-refractivity contribution in [2.75, 3.05) is 32.6 Å². The predicted molar refractivity (Wildman–Crippen MR) is 110 cm³/mol. The van der Waals surface area contributed by atoms with Gasteiger partial charge in [-0.1, -0.05) is 0 Å². The van der Waals surface area contributed by atoms with E-state index in [0.29, 0.717) is 11.5 Å². The SMILES string of the molecule is COc1ccc(-c2nc(-c3csc(NC4=NCCCN4)n3)cs2)cc1OC. The molecule has 1 aromatic carbocycles. The summed E-state index contributed by atoms with van der Waals surface area (Å²) >= 11 is 3.11. The van der Waals surface area contributed by atoms with Crippen molar-refractivity contribution < 1.29 is 9.47 Å². The monoisotopic (exact) mass is 401 g/mol. The molecule has 7 nitrogen and oxygen atoms in total. The number of aromatic nitrogens is 2. The Hall–Kier alpha value is -2.65. The van der Waals surface area contributed by atoms with Crippen molar-refractivity contribution in [2.24, 2.45) is 4.99 Å². The number of hydrogen-bond donors (Lipinski definition) is 2. The summed E-state index contributed by atoms with van der Waals surface area (Å²) < 4.78 is 10.7. The van der Waals surface area contributed by atoms with Gasteiger partial charge in [0.2, 0.25) is 0 Å². The third kappa shape index (κ3) is 3.88. The number of nitrogens with zero attached hydrogens (tertiary/aromatic N) is 3. The molecule has 0 fully saturated rings. The highest BCUT2D eigenvalue weighted by atomic mass is 32.1. The molecule has 2 N–H and O–H groups in total. The predicted octanol–water partition coefficient (Wildman–Crippen LogP) is 3.71. The van der Waals surface area contributed by atoms with E-state index in [2.05, 4.69) is 20.6 Å². The third-order valence-corrected chi connectivity index (χ3v) is 5.67. The lowest BCUT2D eigenvalue weighted by molar-refractivity contribution is 0.355. The molecule has 27 heavy (non-hydrogen) atoms. The maximum Gasteiger partial charge on any atom is 0.197 e. The zero-order valence-corrected chi connectivity index (χ0v) is 16.6. The Morgan fingerprint density at radius 3 is 2.63 bits per heavy atom. The van der Waals surface area contributed by atoms with Crippen molar-refractivity contribution in [3.8, 4) is 33.5 Å². The fourth-order valence-corrected chi connectivity index (χ4v) is 4.17. The standard InChI is InChI=1S/C18H19N5O2S2/c1-24-14-5-4-11(8-15(14)25-2)16-21-12(9-26-16)13-10-27-18(22-13)23-17-19-6-3-7-20-17/h4-5,8-10H,3,6-7H2,1-2H3,(H2,19,20,22,23). The molecule has 1 aliphatic rings. The van der Waals surface area contributed by atoms with Gasteiger partial charge in [-0.2, -0.15) is 0 Å². The number of methoxy groups -OCH3 is 2. The van der Waals surface area contributed by atoms with E-state index in [9.17, 15) is 0 Å². The largest absolute Gasteiger partial charge is 0.493 e. The number of rotatable bonds is 5. The molecule has 0 spiro atoms. The summed E-state index contributed by atoms with van der Waals surface area (Å²) in [6.07, 6.45) is 1.06. The van der Waals surface area contributed by atoms with Crippen molar-refractivity contribution >= 4 is 33.8 Å². The van der Waals surface area contributed by atoms with Crippen molar-refractivity contribution in [1.82, 2.24) is 15.3 Å². The van der Waals surface area contributed by atoms with Crippen LogP contribution in [0.5, 0.6) is 11.5 Å². The molecular formula is C18H19N5O2S2. The molecule has 0 saturated carbocycles. The zero-order valence-electron chi connectivity index (χ0n) is 15.0. The van der Waals surface area contributed by atoms with Crippen LogP contribution in [0.15, 0.2) is 34.0 Å². The van der Waals surface area contributed by atoms with E-state index in [1.807, 2.05) is 29.0 Å². The van der Waals surface area contributed by atoms with Crippen molar-refractivity contribution in [2.45, 2.75) is 6.42 Å². The topological polar surface area (TPSA) is 80.7 Å². The van der Waals surface area contributed by atoms with Crippen LogP contribution in [0.25, 0.3) is 22.0 Å². The summed E-state index contributed by atoms with van der Waals surface area (Å²) in [6, 6.07) is 5.80. The summed E-state index contributed by atoms with van der Waals surface area (Å²) in [4.78, 5) is 13.8. The van der Waals surface area contributed by atoms with E-state index in [1.165, 1.54) is 11.3 Å². The van der Waals surface area contributed by atoms with Crippen LogP contribution in [0.2, 0.25) is 0 Å². The minimum Gasteiger partial charge on any atom is -0.493 e. The van der Waals surface area contributed by atoms with Crippen LogP contribution in [-0.4, -0.2) is 43.2 Å². The second kappa shape index (κ2) is 7.93. The average Bonchev–Trinajstić information content (AvgIpc) is 3.38. The Balaban J connectivity index is 1.53. The number of thiazole rings is 2. The Bertz CT molecular complexity index is 966. The lowest BCUT2D eigenvalue weighted by Gasteiger charge is -2.13. The van der Waals surface area contributed by atoms with Crippen molar-refractivity contribution in [3.05, 3.63) is 29.0 Å². The molecule has 3 aromatic rings. The highest BCUT2D eigenvalue weighted by molar-refractivity contribution is 7.14. The average molecular weight is 402 g/mol. The molecule has 2 aromatic heterocycles. The highest BCUT2D eigenvalue weighted by Crippen LogP contribution is 2.35. The number of nitrogens with one attached hydrogen (secondary N) is 2. The van der Waals surface area contributed by atoms with Crippen LogP contribution in [0.4, 0.5) is 5.13 Å². The Kier molecular flexibility index (Phi) is 5.21. The van der Waals surface area contributed by atoms with E-state index < -0.39 is 0 Å². The van der Waals surface area contributed by atoms with Gasteiger partial charge < -0.3 is 20.1 Å². The lowest BCUT2D eigenvalue weighted by Crippen LogP contribution is -2.35. The first-order chi connectivity index (χ1) is 13.3. The minimum absolute atomic E-state index is 0.688. The number of aliphatic imine (C=N–C) groups is 1. The number of ether oxygens (including phenoxy) is 2. The van der Waals surface area contributed by atoms with Crippen LogP contribution < -0.4 is 20.1 Å². The highest BCUT2D eigenvalue weighted by Gasteiger charge is 2.13. The van der Waals surface area contributed by atoms with Gasteiger partial charge in [0.05, 0.1) is 14.2 Å². The minimum atomic E-state index is 0.688. The molecule has 0 bridgehead atoms. The molecule has 0 amide bonds. The van der Waals surface area contributed by atoms with E-state index in [4.69, 9.17) is 14.5 Å². The first-order valence-corrected chi connectivity index (χ1v) is 10.2. The number of hydrogen-bond acceptors (Lipinski definition) is 9. The fraction of sp³-hybridized carbons (Fsp3) is 0.278. The normalized spacial score (nSPS) is 13.6. The van der Waals surface area contributed by atoms with E-state index >= 15 is 0 Å². The number of guanidine groups is 1. The van der Waals surface area contributed by atoms with E-state index in [1.54, 1.807) is 25.6 Å². The lowest BCUT2D eigenvalue weighted by atomic mass is 10.2. The van der Waals surface area contributed by atoms with Gasteiger partial charge >= 0.3 is 0 Å². The number of anilines is 1. The van der Waals surface area contributed by atoms with Gasteiger partial charge in [0.15, 0.2) is 22.6 Å². The molecule has 140 valence electrons.